The quantitative estimate of drug-likeness (QED) is 0.835. The van der Waals surface area contributed by atoms with E-state index in [1.54, 1.807) is 18.2 Å². The number of aliphatic carboxylic acids is 1. The first-order chi connectivity index (χ1) is 10.0. The fourth-order valence-electron chi connectivity index (χ4n) is 1.59. The summed E-state index contributed by atoms with van der Waals surface area (Å²) in [5.41, 5.74) is 1.20. The van der Waals surface area contributed by atoms with Crippen LogP contribution in [0.4, 0.5) is 4.39 Å². The molecule has 1 heterocycles. The molecule has 2 aromatic rings. The van der Waals surface area contributed by atoms with Crippen molar-refractivity contribution in [2.75, 3.05) is 0 Å². The summed E-state index contributed by atoms with van der Waals surface area (Å²) < 4.78 is 19.3. The molecule has 4 nitrogen and oxygen atoms in total. The van der Waals surface area contributed by atoms with Gasteiger partial charge in [-0.2, -0.15) is 0 Å². The van der Waals surface area contributed by atoms with Crippen LogP contribution in [-0.2, 0) is 11.4 Å². The van der Waals surface area contributed by atoms with E-state index in [0.29, 0.717) is 21.5 Å². The summed E-state index contributed by atoms with van der Waals surface area (Å²) in [6, 6.07) is 7.83. The predicted octanol–water partition coefficient (Wildman–Crippen LogP) is 3.66. The van der Waals surface area contributed by atoms with Gasteiger partial charge in [0.25, 0.3) is 0 Å². The van der Waals surface area contributed by atoms with Crippen LogP contribution in [0, 0.1) is 5.82 Å². The Morgan fingerprint density at radius 2 is 2.19 bits per heavy atom. The molecular weight excluding hydrogens is 341 g/mol. The number of hydrogen-bond acceptors (Lipinski definition) is 3. The molecule has 1 aromatic carbocycles. The molecule has 0 atom stereocenters. The first-order valence-corrected chi connectivity index (χ1v) is 6.77. The molecule has 0 radical (unpaired) electrons. The highest BCUT2D eigenvalue weighted by Gasteiger charge is 2.01. The molecule has 0 aliphatic rings. The van der Waals surface area contributed by atoms with Crippen LogP contribution in [0.1, 0.15) is 11.3 Å². The molecule has 0 fully saturated rings. The molecule has 108 valence electrons. The lowest BCUT2D eigenvalue weighted by atomic mass is 10.2. The smallest absolute Gasteiger partial charge is 0.328 e. The van der Waals surface area contributed by atoms with Gasteiger partial charge in [0.15, 0.2) is 0 Å². The second-order valence-corrected chi connectivity index (χ2v) is 5.07. The maximum atomic E-state index is 13.2. The van der Waals surface area contributed by atoms with Crippen LogP contribution < -0.4 is 4.74 Å². The van der Waals surface area contributed by atoms with Gasteiger partial charge in [-0.3, -0.25) is 4.98 Å². The zero-order valence-corrected chi connectivity index (χ0v) is 12.4. The Labute approximate surface area is 129 Å². The summed E-state index contributed by atoms with van der Waals surface area (Å²) in [5.74, 6) is -0.855. The Hall–Kier alpha value is -2.21. The van der Waals surface area contributed by atoms with Crippen LogP contribution >= 0.6 is 15.9 Å². The first-order valence-electron chi connectivity index (χ1n) is 5.98. The molecule has 0 spiro atoms. The summed E-state index contributed by atoms with van der Waals surface area (Å²) in [6.07, 6.45) is 3.87. The molecule has 21 heavy (non-hydrogen) atoms. The monoisotopic (exact) mass is 351 g/mol. The molecule has 0 unspecified atom stereocenters. The van der Waals surface area contributed by atoms with Crippen molar-refractivity contribution in [2.24, 2.45) is 0 Å². The van der Waals surface area contributed by atoms with Gasteiger partial charge in [-0.05, 0) is 42.0 Å². The van der Waals surface area contributed by atoms with E-state index in [4.69, 9.17) is 9.84 Å². The van der Waals surface area contributed by atoms with E-state index in [1.165, 1.54) is 24.4 Å². The number of pyridine rings is 1. The predicted molar refractivity (Wildman–Crippen MR) is 79.3 cm³/mol. The Morgan fingerprint density at radius 3 is 2.81 bits per heavy atom. The SMILES string of the molecule is O=C(O)C=Cc1ccc(OCc2cc(F)cc(Br)c2)cn1. The second-order valence-electron chi connectivity index (χ2n) is 4.16. The molecule has 6 heteroatoms. The van der Waals surface area contributed by atoms with Crippen molar-refractivity contribution < 1.29 is 19.0 Å². The van der Waals surface area contributed by atoms with Crippen molar-refractivity contribution in [2.45, 2.75) is 6.61 Å². The van der Waals surface area contributed by atoms with Crippen LogP contribution in [0.25, 0.3) is 6.08 Å². The van der Waals surface area contributed by atoms with E-state index in [9.17, 15) is 9.18 Å². The molecule has 0 saturated heterocycles. The minimum Gasteiger partial charge on any atom is -0.487 e. The van der Waals surface area contributed by atoms with Gasteiger partial charge in [0.2, 0.25) is 0 Å². The van der Waals surface area contributed by atoms with E-state index < -0.39 is 5.97 Å². The maximum Gasteiger partial charge on any atom is 0.328 e. The molecule has 0 aliphatic carbocycles. The van der Waals surface area contributed by atoms with Crippen LogP contribution in [-0.4, -0.2) is 16.1 Å². The van der Waals surface area contributed by atoms with Crippen molar-refractivity contribution in [3.8, 4) is 5.75 Å². The number of halogens is 2. The third kappa shape index (κ3) is 5.00. The number of rotatable bonds is 5. The van der Waals surface area contributed by atoms with E-state index in [0.717, 1.165) is 6.08 Å². The highest BCUT2D eigenvalue weighted by atomic mass is 79.9. The maximum absolute atomic E-state index is 13.2. The summed E-state index contributed by atoms with van der Waals surface area (Å²) in [6.45, 7) is 0.211. The summed E-state index contributed by atoms with van der Waals surface area (Å²) in [4.78, 5) is 14.4. The third-order valence-electron chi connectivity index (χ3n) is 2.48. The van der Waals surface area contributed by atoms with Gasteiger partial charge in [-0.25, -0.2) is 9.18 Å². The van der Waals surface area contributed by atoms with E-state index >= 15 is 0 Å². The highest BCUT2D eigenvalue weighted by molar-refractivity contribution is 9.10. The number of aromatic nitrogens is 1. The average Bonchev–Trinajstić information content (AvgIpc) is 2.43. The van der Waals surface area contributed by atoms with Crippen molar-refractivity contribution in [1.29, 1.82) is 0 Å². The van der Waals surface area contributed by atoms with Crippen molar-refractivity contribution >= 4 is 28.0 Å². The zero-order chi connectivity index (χ0) is 15.2. The summed E-state index contributed by atoms with van der Waals surface area (Å²) in [5, 5.41) is 8.51. The molecule has 0 saturated carbocycles. The Bertz CT molecular complexity index is 651. The Kier molecular flexibility index (Phi) is 5.05. The fraction of sp³-hybridized carbons (Fsp3) is 0.0667. The van der Waals surface area contributed by atoms with Gasteiger partial charge < -0.3 is 9.84 Å². The largest absolute Gasteiger partial charge is 0.487 e. The molecule has 2 rings (SSSR count). The van der Waals surface area contributed by atoms with Crippen molar-refractivity contribution in [3.05, 3.63) is 64.2 Å². The normalized spacial score (nSPS) is 10.8. The van der Waals surface area contributed by atoms with E-state index in [1.807, 2.05) is 0 Å². The molecule has 0 bridgehead atoms. The number of carboxylic acid groups (broad SMARTS) is 1. The minimum absolute atomic E-state index is 0.211. The lowest BCUT2D eigenvalue weighted by Crippen LogP contribution is -1.97. The van der Waals surface area contributed by atoms with E-state index in [-0.39, 0.29) is 12.4 Å². The van der Waals surface area contributed by atoms with Gasteiger partial charge >= 0.3 is 5.97 Å². The summed E-state index contributed by atoms with van der Waals surface area (Å²) in [7, 11) is 0. The lowest BCUT2D eigenvalue weighted by molar-refractivity contribution is -0.131. The third-order valence-corrected chi connectivity index (χ3v) is 2.94. The number of benzene rings is 1. The number of carboxylic acids is 1. The number of hydrogen-bond donors (Lipinski definition) is 1. The summed E-state index contributed by atoms with van der Waals surface area (Å²) >= 11 is 3.21. The van der Waals surface area contributed by atoms with Crippen LogP contribution in [0.15, 0.2) is 47.1 Å². The van der Waals surface area contributed by atoms with Crippen molar-refractivity contribution in [3.63, 3.8) is 0 Å². The molecular formula is C15H11BrFNO3. The first kappa shape index (κ1) is 15.2. The van der Waals surface area contributed by atoms with Gasteiger partial charge in [0.1, 0.15) is 18.2 Å². The van der Waals surface area contributed by atoms with Gasteiger partial charge in [-0.1, -0.05) is 15.9 Å². The van der Waals surface area contributed by atoms with Gasteiger partial charge in [0, 0.05) is 10.5 Å². The average molecular weight is 352 g/mol. The van der Waals surface area contributed by atoms with E-state index in [2.05, 4.69) is 20.9 Å². The highest BCUT2D eigenvalue weighted by Crippen LogP contribution is 2.17. The minimum atomic E-state index is -1.03. The molecule has 1 N–H and O–H groups in total. The Balaban J connectivity index is 1.99. The van der Waals surface area contributed by atoms with Gasteiger partial charge in [-0.15, -0.1) is 0 Å². The molecule has 1 aromatic heterocycles. The zero-order valence-electron chi connectivity index (χ0n) is 10.8. The second kappa shape index (κ2) is 6.99. The van der Waals surface area contributed by atoms with Crippen LogP contribution in [0.3, 0.4) is 0 Å². The van der Waals surface area contributed by atoms with Crippen LogP contribution in [0.5, 0.6) is 5.75 Å². The Morgan fingerprint density at radius 1 is 1.38 bits per heavy atom. The topological polar surface area (TPSA) is 59.4 Å². The lowest BCUT2D eigenvalue weighted by Gasteiger charge is -2.06. The molecule has 0 amide bonds. The number of ether oxygens (including phenoxy) is 1. The standard InChI is InChI=1S/C15H11BrFNO3/c16-11-5-10(6-12(17)7-11)9-21-14-3-1-13(18-8-14)2-4-15(19)20/h1-8H,9H2,(H,19,20). The van der Waals surface area contributed by atoms with Crippen LogP contribution in [0.2, 0.25) is 0 Å². The fourth-order valence-corrected chi connectivity index (χ4v) is 2.11. The molecule has 0 aliphatic heterocycles. The number of carbonyl (C=O) groups is 1. The van der Waals surface area contributed by atoms with Gasteiger partial charge in [0.05, 0.1) is 11.9 Å². The van der Waals surface area contributed by atoms with Crippen molar-refractivity contribution in [1.82, 2.24) is 4.98 Å². The number of nitrogens with zero attached hydrogens (tertiary/aromatic N) is 1.